The highest BCUT2D eigenvalue weighted by molar-refractivity contribution is 5.74. The van der Waals surface area contributed by atoms with Crippen LogP contribution in [0.15, 0.2) is 4.79 Å². The number of hydrogen-bond donors (Lipinski definition) is 1. The van der Waals surface area contributed by atoms with Crippen molar-refractivity contribution in [3.63, 3.8) is 0 Å². The fourth-order valence-corrected chi connectivity index (χ4v) is 1.42. The minimum absolute atomic E-state index is 0.0178. The van der Waals surface area contributed by atoms with Crippen LogP contribution in [0.2, 0.25) is 0 Å². The van der Waals surface area contributed by atoms with Crippen molar-refractivity contribution in [2.75, 3.05) is 0 Å². The van der Waals surface area contributed by atoms with Crippen molar-refractivity contribution >= 4 is 6.29 Å². The molecule has 0 aromatic carbocycles. The van der Waals surface area contributed by atoms with Crippen molar-refractivity contribution in [2.24, 2.45) is 0 Å². The van der Waals surface area contributed by atoms with E-state index in [1.54, 1.807) is 0 Å². The molecule has 1 aromatic rings. The molecular weight excluding hydrogens is 168 g/mol. The van der Waals surface area contributed by atoms with Crippen LogP contribution in [0, 0.1) is 0 Å². The van der Waals surface area contributed by atoms with E-state index < -0.39 is 0 Å². The van der Waals surface area contributed by atoms with E-state index in [1.807, 2.05) is 20.8 Å². The standard InChI is InChI=1S/C9H14N2O2/c1-4-7-8(5-12)11(6(2)3)9(13)10-7/h5-6H,4H2,1-3H3,(H,10,13). The van der Waals surface area contributed by atoms with E-state index in [1.165, 1.54) is 4.57 Å². The summed E-state index contributed by atoms with van der Waals surface area (Å²) in [4.78, 5) is 24.8. The van der Waals surface area contributed by atoms with Crippen molar-refractivity contribution in [1.29, 1.82) is 0 Å². The highest BCUT2D eigenvalue weighted by atomic mass is 16.1. The Kier molecular flexibility index (Phi) is 2.70. The second-order valence-electron chi connectivity index (χ2n) is 3.23. The molecule has 0 radical (unpaired) electrons. The van der Waals surface area contributed by atoms with Crippen LogP contribution in [0.1, 0.15) is 43.0 Å². The first kappa shape index (κ1) is 9.77. The summed E-state index contributed by atoms with van der Waals surface area (Å²) >= 11 is 0. The van der Waals surface area contributed by atoms with Crippen LogP contribution >= 0.6 is 0 Å². The molecule has 1 aromatic heterocycles. The lowest BCUT2D eigenvalue weighted by Crippen LogP contribution is -2.20. The maximum Gasteiger partial charge on any atom is 0.326 e. The molecule has 0 saturated carbocycles. The van der Waals surface area contributed by atoms with Gasteiger partial charge in [-0.2, -0.15) is 0 Å². The fraction of sp³-hybridized carbons (Fsp3) is 0.556. The molecule has 0 unspecified atom stereocenters. The van der Waals surface area contributed by atoms with E-state index in [2.05, 4.69) is 4.98 Å². The topological polar surface area (TPSA) is 54.9 Å². The highest BCUT2D eigenvalue weighted by Gasteiger charge is 2.13. The van der Waals surface area contributed by atoms with E-state index in [4.69, 9.17) is 0 Å². The fourth-order valence-electron chi connectivity index (χ4n) is 1.42. The van der Waals surface area contributed by atoms with Gasteiger partial charge < -0.3 is 4.98 Å². The molecular formula is C9H14N2O2. The number of aryl methyl sites for hydroxylation is 1. The van der Waals surface area contributed by atoms with Crippen LogP contribution in [0.4, 0.5) is 0 Å². The van der Waals surface area contributed by atoms with Gasteiger partial charge in [-0.15, -0.1) is 0 Å². The minimum atomic E-state index is -0.200. The van der Waals surface area contributed by atoms with Crippen LogP contribution in [-0.2, 0) is 6.42 Å². The zero-order chi connectivity index (χ0) is 10.0. The molecule has 0 fully saturated rings. The number of nitrogens with one attached hydrogen (secondary N) is 1. The van der Waals surface area contributed by atoms with Crippen molar-refractivity contribution in [3.05, 3.63) is 21.9 Å². The summed E-state index contributed by atoms with van der Waals surface area (Å²) in [5, 5.41) is 0. The summed E-state index contributed by atoms with van der Waals surface area (Å²) in [7, 11) is 0. The van der Waals surface area contributed by atoms with Gasteiger partial charge in [-0.3, -0.25) is 9.36 Å². The molecule has 0 spiro atoms. The molecule has 0 saturated heterocycles. The minimum Gasteiger partial charge on any atom is -0.309 e. The molecule has 0 atom stereocenters. The molecule has 0 bridgehead atoms. The highest BCUT2D eigenvalue weighted by Crippen LogP contribution is 2.08. The Balaban J connectivity index is 3.40. The van der Waals surface area contributed by atoms with Gasteiger partial charge in [-0.05, 0) is 20.3 Å². The number of H-pyrrole nitrogens is 1. The van der Waals surface area contributed by atoms with Crippen molar-refractivity contribution in [2.45, 2.75) is 33.2 Å². The third kappa shape index (κ3) is 1.56. The lowest BCUT2D eigenvalue weighted by atomic mass is 10.2. The molecule has 72 valence electrons. The first-order valence-corrected chi connectivity index (χ1v) is 4.40. The maximum atomic E-state index is 11.4. The lowest BCUT2D eigenvalue weighted by Gasteiger charge is -2.06. The first-order valence-electron chi connectivity index (χ1n) is 4.40. The zero-order valence-corrected chi connectivity index (χ0v) is 8.13. The normalized spacial score (nSPS) is 10.8. The number of carbonyl (C=O) groups is 1. The van der Waals surface area contributed by atoms with Gasteiger partial charge in [0, 0.05) is 11.7 Å². The Hall–Kier alpha value is -1.32. The monoisotopic (exact) mass is 182 g/mol. The smallest absolute Gasteiger partial charge is 0.309 e. The van der Waals surface area contributed by atoms with Gasteiger partial charge in [-0.1, -0.05) is 6.92 Å². The number of nitrogens with zero attached hydrogens (tertiary/aromatic N) is 1. The largest absolute Gasteiger partial charge is 0.326 e. The van der Waals surface area contributed by atoms with Crippen LogP contribution in [0.25, 0.3) is 0 Å². The second kappa shape index (κ2) is 3.60. The first-order chi connectivity index (χ1) is 6.11. The number of hydrogen-bond acceptors (Lipinski definition) is 2. The molecule has 1 N–H and O–H groups in total. The van der Waals surface area contributed by atoms with Gasteiger partial charge in [0.05, 0.1) is 0 Å². The number of imidazole rings is 1. The van der Waals surface area contributed by atoms with Crippen LogP contribution in [-0.4, -0.2) is 15.8 Å². The Labute approximate surface area is 76.6 Å². The van der Waals surface area contributed by atoms with Crippen LogP contribution in [0.3, 0.4) is 0 Å². The molecule has 0 amide bonds. The van der Waals surface area contributed by atoms with Crippen molar-refractivity contribution < 1.29 is 4.79 Å². The molecule has 0 aliphatic rings. The number of aromatic amines is 1. The molecule has 1 rings (SSSR count). The van der Waals surface area contributed by atoms with E-state index in [-0.39, 0.29) is 11.7 Å². The average Bonchev–Trinajstić information content (AvgIpc) is 2.41. The number of aromatic nitrogens is 2. The summed E-state index contributed by atoms with van der Waals surface area (Å²) in [6, 6.07) is 0.0178. The van der Waals surface area contributed by atoms with Gasteiger partial charge in [0.1, 0.15) is 5.69 Å². The molecule has 4 nitrogen and oxygen atoms in total. The van der Waals surface area contributed by atoms with Crippen LogP contribution < -0.4 is 5.69 Å². The van der Waals surface area contributed by atoms with Crippen LogP contribution in [0.5, 0.6) is 0 Å². The van der Waals surface area contributed by atoms with Gasteiger partial charge in [0.25, 0.3) is 0 Å². The number of aldehydes is 1. The van der Waals surface area contributed by atoms with E-state index in [9.17, 15) is 9.59 Å². The molecule has 4 heteroatoms. The Bertz CT molecular complexity index is 360. The molecule has 1 heterocycles. The SMILES string of the molecule is CCc1[nH]c(=O)n(C(C)C)c1C=O. The quantitative estimate of drug-likeness (QED) is 0.712. The van der Waals surface area contributed by atoms with E-state index in [0.717, 1.165) is 6.29 Å². The predicted octanol–water partition coefficient (Wildman–Crippen LogP) is 1.13. The van der Waals surface area contributed by atoms with Gasteiger partial charge in [-0.25, -0.2) is 4.79 Å². The third-order valence-corrected chi connectivity index (χ3v) is 2.03. The molecule has 13 heavy (non-hydrogen) atoms. The third-order valence-electron chi connectivity index (χ3n) is 2.03. The zero-order valence-electron chi connectivity index (χ0n) is 8.13. The Morgan fingerprint density at radius 3 is 2.54 bits per heavy atom. The van der Waals surface area contributed by atoms with Gasteiger partial charge in [0.15, 0.2) is 6.29 Å². The summed E-state index contributed by atoms with van der Waals surface area (Å²) in [6.07, 6.45) is 1.40. The van der Waals surface area contributed by atoms with Gasteiger partial charge >= 0.3 is 5.69 Å². The van der Waals surface area contributed by atoms with Crippen molar-refractivity contribution in [1.82, 2.24) is 9.55 Å². The van der Waals surface area contributed by atoms with E-state index >= 15 is 0 Å². The van der Waals surface area contributed by atoms with Crippen molar-refractivity contribution in [3.8, 4) is 0 Å². The van der Waals surface area contributed by atoms with E-state index in [0.29, 0.717) is 17.8 Å². The summed E-state index contributed by atoms with van der Waals surface area (Å²) < 4.78 is 1.48. The molecule has 0 aliphatic carbocycles. The molecule has 0 aliphatic heterocycles. The Morgan fingerprint density at radius 1 is 1.54 bits per heavy atom. The lowest BCUT2D eigenvalue weighted by molar-refractivity contribution is 0.111. The summed E-state index contributed by atoms with van der Waals surface area (Å²) in [6.45, 7) is 5.66. The Morgan fingerprint density at radius 2 is 2.15 bits per heavy atom. The number of carbonyl (C=O) groups excluding carboxylic acids is 1. The average molecular weight is 182 g/mol. The van der Waals surface area contributed by atoms with Gasteiger partial charge in [0.2, 0.25) is 0 Å². The summed E-state index contributed by atoms with van der Waals surface area (Å²) in [5.74, 6) is 0. The summed E-state index contributed by atoms with van der Waals surface area (Å²) in [5.41, 5.74) is 0.991. The number of rotatable bonds is 3. The predicted molar refractivity (Wildman–Crippen MR) is 50.2 cm³/mol. The second-order valence-corrected chi connectivity index (χ2v) is 3.23. The maximum absolute atomic E-state index is 11.4.